The van der Waals surface area contributed by atoms with Gasteiger partial charge in [0.2, 0.25) is 0 Å². The Morgan fingerprint density at radius 3 is 2.81 bits per heavy atom. The van der Waals surface area contributed by atoms with Crippen LogP contribution in [0.5, 0.6) is 0 Å². The highest BCUT2D eigenvalue weighted by Crippen LogP contribution is 2.28. The van der Waals surface area contributed by atoms with Crippen molar-refractivity contribution in [2.45, 2.75) is 6.42 Å². The van der Waals surface area contributed by atoms with Crippen molar-refractivity contribution in [1.82, 2.24) is 20.5 Å². The third kappa shape index (κ3) is 2.31. The normalized spacial score (nSPS) is 10.6. The van der Waals surface area contributed by atoms with Crippen molar-refractivity contribution in [3.8, 4) is 11.3 Å². The van der Waals surface area contributed by atoms with Gasteiger partial charge in [0, 0.05) is 30.9 Å². The quantitative estimate of drug-likeness (QED) is 0.901. The van der Waals surface area contributed by atoms with Crippen LogP contribution in [0.3, 0.4) is 0 Å². The van der Waals surface area contributed by atoms with Crippen molar-refractivity contribution < 1.29 is 0 Å². The number of nitrogens with one attached hydrogen (secondary N) is 2. The van der Waals surface area contributed by atoms with Crippen LogP contribution in [0.15, 0.2) is 29.0 Å². The molecule has 2 aromatic heterocycles. The Hall–Kier alpha value is -1.20. The van der Waals surface area contributed by atoms with E-state index in [1.165, 1.54) is 0 Å². The number of aromatic amines is 1. The third-order valence-electron chi connectivity index (χ3n) is 2.35. The molecule has 0 bridgehead atoms. The van der Waals surface area contributed by atoms with E-state index in [1.807, 2.05) is 19.2 Å². The Balaban J connectivity index is 2.27. The van der Waals surface area contributed by atoms with Crippen LogP contribution in [0.4, 0.5) is 0 Å². The number of likely N-dealkylation sites (N-methyl/N-ethyl adjacent to an activating group) is 1. The second kappa shape index (κ2) is 5.23. The lowest BCUT2D eigenvalue weighted by Gasteiger charge is -1.98. The van der Waals surface area contributed by atoms with Gasteiger partial charge in [0.05, 0.1) is 10.2 Å². The summed E-state index contributed by atoms with van der Waals surface area (Å²) >= 11 is 3.58. The molecule has 5 heteroatoms. The molecule has 0 saturated carbocycles. The predicted octanol–water partition coefficient (Wildman–Crippen LogP) is 2.00. The zero-order valence-electron chi connectivity index (χ0n) is 9.00. The molecule has 16 heavy (non-hydrogen) atoms. The van der Waals surface area contributed by atoms with Crippen LogP contribution in [0.2, 0.25) is 0 Å². The van der Waals surface area contributed by atoms with Crippen molar-refractivity contribution in [3.05, 3.63) is 34.7 Å². The molecular formula is C11H13BrN4. The van der Waals surface area contributed by atoms with Gasteiger partial charge in [-0.25, -0.2) is 0 Å². The number of pyridine rings is 1. The van der Waals surface area contributed by atoms with E-state index in [0.717, 1.165) is 34.4 Å². The number of rotatable bonds is 4. The summed E-state index contributed by atoms with van der Waals surface area (Å²) in [6.45, 7) is 0.927. The zero-order chi connectivity index (χ0) is 11.4. The molecule has 0 radical (unpaired) electrons. The first-order valence-electron chi connectivity index (χ1n) is 5.10. The van der Waals surface area contributed by atoms with E-state index in [-0.39, 0.29) is 0 Å². The van der Waals surface area contributed by atoms with E-state index in [0.29, 0.717) is 0 Å². The molecule has 0 saturated heterocycles. The van der Waals surface area contributed by atoms with Crippen molar-refractivity contribution in [1.29, 1.82) is 0 Å². The summed E-state index contributed by atoms with van der Waals surface area (Å²) < 4.78 is 1.04. The highest BCUT2D eigenvalue weighted by Gasteiger charge is 2.11. The Bertz CT molecular complexity index is 452. The lowest BCUT2D eigenvalue weighted by molar-refractivity contribution is 0.770. The molecule has 0 aromatic carbocycles. The first-order valence-corrected chi connectivity index (χ1v) is 5.90. The Morgan fingerprint density at radius 1 is 1.38 bits per heavy atom. The van der Waals surface area contributed by atoms with Crippen LogP contribution >= 0.6 is 15.9 Å². The van der Waals surface area contributed by atoms with Gasteiger partial charge in [0.1, 0.15) is 5.69 Å². The van der Waals surface area contributed by atoms with Crippen LogP contribution < -0.4 is 5.32 Å². The van der Waals surface area contributed by atoms with E-state index in [4.69, 9.17) is 0 Å². The summed E-state index contributed by atoms with van der Waals surface area (Å²) in [6, 6.07) is 3.89. The smallest absolute Gasteiger partial charge is 0.107 e. The second-order valence-electron chi connectivity index (χ2n) is 3.45. The average molecular weight is 281 g/mol. The van der Waals surface area contributed by atoms with E-state index in [2.05, 4.69) is 36.4 Å². The van der Waals surface area contributed by atoms with Crippen LogP contribution in [0, 0.1) is 0 Å². The molecule has 0 spiro atoms. The summed E-state index contributed by atoms with van der Waals surface area (Å²) in [5.74, 6) is 0. The predicted molar refractivity (Wildman–Crippen MR) is 67.1 cm³/mol. The molecule has 0 atom stereocenters. The third-order valence-corrected chi connectivity index (χ3v) is 3.21. The van der Waals surface area contributed by atoms with Gasteiger partial charge < -0.3 is 5.32 Å². The fraction of sp³-hybridized carbons (Fsp3) is 0.273. The molecule has 0 aliphatic rings. The maximum absolute atomic E-state index is 4.31. The average Bonchev–Trinajstić information content (AvgIpc) is 2.69. The molecule has 84 valence electrons. The molecule has 0 amide bonds. The standard InChI is InChI=1S/C11H13BrN4/c1-13-5-4-9-10(12)11(16-15-9)8-2-6-14-7-3-8/h2-3,6-7,13H,4-5H2,1H3,(H,15,16). The minimum absolute atomic E-state index is 0.926. The van der Waals surface area contributed by atoms with Crippen LogP contribution in [-0.2, 0) is 6.42 Å². The summed E-state index contributed by atoms with van der Waals surface area (Å²) in [4.78, 5) is 3.99. The van der Waals surface area contributed by atoms with Gasteiger partial charge in [-0.2, -0.15) is 5.10 Å². The fourth-order valence-corrected chi connectivity index (χ4v) is 2.09. The number of aromatic nitrogens is 3. The van der Waals surface area contributed by atoms with E-state index in [1.54, 1.807) is 12.4 Å². The lowest BCUT2D eigenvalue weighted by Crippen LogP contribution is -2.10. The molecule has 0 fully saturated rings. The molecule has 2 N–H and O–H groups in total. The van der Waals surface area contributed by atoms with Crippen molar-refractivity contribution in [2.24, 2.45) is 0 Å². The first kappa shape index (κ1) is 11.3. The minimum Gasteiger partial charge on any atom is -0.319 e. The molecule has 0 unspecified atom stereocenters. The van der Waals surface area contributed by atoms with Gasteiger partial charge >= 0.3 is 0 Å². The van der Waals surface area contributed by atoms with Crippen LogP contribution in [0.1, 0.15) is 5.69 Å². The molecular weight excluding hydrogens is 268 g/mol. The largest absolute Gasteiger partial charge is 0.319 e. The van der Waals surface area contributed by atoms with Crippen molar-refractivity contribution >= 4 is 15.9 Å². The van der Waals surface area contributed by atoms with Crippen molar-refractivity contribution in [2.75, 3.05) is 13.6 Å². The minimum atomic E-state index is 0.926. The van der Waals surface area contributed by atoms with Gasteiger partial charge in [0.25, 0.3) is 0 Å². The van der Waals surface area contributed by atoms with E-state index in [9.17, 15) is 0 Å². The molecule has 2 heterocycles. The Morgan fingerprint density at radius 2 is 2.12 bits per heavy atom. The fourth-order valence-electron chi connectivity index (χ4n) is 1.48. The molecule has 0 aliphatic carbocycles. The highest BCUT2D eigenvalue weighted by atomic mass is 79.9. The summed E-state index contributed by atoms with van der Waals surface area (Å²) in [6.07, 6.45) is 4.46. The monoisotopic (exact) mass is 280 g/mol. The number of H-pyrrole nitrogens is 1. The second-order valence-corrected chi connectivity index (χ2v) is 4.25. The molecule has 2 aromatic rings. The molecule has 0 aliphatic heterocycles. The Kier molecular flexibility index (Phi) is 3.69. The topological polar surface area (TPSA) is 53.6 Å². The molecule has 2 rings (SSSR count). The van der Waals surface area contributed by atoms with Crippen molar-refractivity contribution in [3.63, 3.8) is 0 Å². The maximum atomic E-state index is 4.31. The summed E-state index contributed by atoms with van der Waals surface area (Å²) in [7, 11) is 1.94. The molecule has 4 nitrogen and oxygen atoms in total. The van der Waals surface area contributed by atoms with E-state index < -0.39 is 0 Å². The summed E-state index contributed by atoms with van der Waals surface area (Å²) in [5, 5.41) is 10.5. The SMILES string of the molecule is CNCCc1[nH]nc(-c2ccncc2)c1Br. The Labute approximate surface area is 103 Å². The summed E-state index contributed by atoms with van der Waals surface area (Å²) in [5.41, 5.74) is 3.11. The van der Waals surface area contributed by atoms with Crippen LogP contribution in [0.25, 0.3) is 11.3 Å². The maximum Gasteiger partial charge on any atom is 0.107 e. The number of hydrogen-bond donors (Lipinski definition) is 2. The lowest BCUT2D eigenvalue weighted by atomic mass is 10.2. The van der Waals surface area contributed by atoms with Crippen LogP contribution in [-0.4, -0.2) is 28.8 Å². The number of halogens is 1. The van der Waals surface area contributed by atoms with Gasteiger partial charge in [-0.05, 0) is 35.1 Å². The first-order chi connectivity index (χ1) is 7.83. The van der Waals surface area contributed by atoms with Gasteiger partial charge in [-0.15, -0.1) is 0 Å². The van der Waals surface area contributed by atoms with E-state index >= 15 is 0 Å². The van der Waals surface area contributed by atoms with Gasteiger partial charge in [0.15, 0.2) is 0 Å². The van der Waals surface area contributed by atoms with Gasteiger partial charge in [-0.3, -0.25) is 10.1 Å². The number of nitrogens with zero attached hydrogens (tertiary/aromatic N) is 2. The highest BCUT2D eigenvalue weighted by molar-refractivity contribution is 9.10. The number of hydrogen-bond acceptors (Lipinski definition) is 3. The zero-order valence-corrected chi connectivity index (χ0v) is 10.6. The van der Waals surface area contributed by atoms with Gasteiger partial charge in [-0.1, -0.05) is 0 Å².